The highest BCUT2D eigenvalue weighted by Gasteiger charge is 2.19. The first kappa shape index (κ1) is 17.7. The lowest BCUT2D eigenvalue weighted by Gasteiger charge is -2.13. The molecule has 136 valence electrons. The van der Waals surface area contributed by atoms with E-state index in [0.717, 1.165) is 44.1 Å². The number of hydrogen-bond acceptors (Lipinski definition) is 4. The van der Waals surface area contributed by atoms with Crippen molar-refractivity contribution in [2.45, 2.75) is 18.2 Å². The summed E-state index contributed by atoms with van der Waals surface area (Å²) in [6.07, 6.45) is 2.63. The fourth-order valence-corrected chi connectivity index (χ4v) is 4.44. The van der Waals surface area contributed by atoms with Gasteiger partial charge in [-0.25, -0.2) is 4.79 Å². The monoisotopic (exact) mass is 376 g/mol. The Bertz CT molecular complexity index is 1110. The summed E-state index contributed by atoms with van der Waals surface area (Å²) >= 11 is 1.67. The van der Waals surface area contributed by atoms with Crippen molar-refractivity contribution in [2.24, 2.45) is 0 Å². The Hall–Kier alpha value is -2.72. The van der Waals surface area contributed by atoms with Gasteiger partial charge in [0.25, 0.3) is 0 Å². The van der Waals surface area contributed by atoms with Crippen LogP contribution >= 0.6 is 11.8 Å². The molecule has 4 heteroatoms. The van der Waals surface area contributed by atoms with Gasteiger partial charge in [-0.15, -0.1) is 11.8 Å². The number of fused-ring (bicyclic) bond motifs is 3. The molecule has 0 fully saturated rings. The summed E-state index contributed by atoms with van der Waals surface area (Å²) in [7, 11) is 0. The molecule has 0 unspecified atom stereocenters. The number of thioether (sulfide) groups is 1. The zero-order valence-electron chi connectivity index (χ0n) is 15.2. The molecule has 0 saturated heterocycles. The number of ether oxygens (including phenoxy) is 1. The number of hydrogen-bond donors (Lipinski definition) is 0. The van der Waals surface area contributed by atoms with Gasteiger partial charge in [0.05, 0.1) is 5.56 Å². The Kier molecular flexibility index (Phi) is 4.90. The summed E-state index contributed by atoms with van der Waals surface area (Å²) in [5.41, 5.74) is 4.27. The number of allylic oxidation sites excluding steroid dienone is 1. The third-order valence-corrected chi connectivity index (χ3v) is 5.94. The third-order valence-electron chi connectivity index (χ3n) is 4.73. The second-order valence-corrected chi connectivity index (χ2v) is 7.56. The molecule has 2 aromatic carbocycles. The van der Waals surface area contributed by atoms with Crippen molar-refractivity contribution in [1.29, 1.82) is 0 Å². The molecule has 3 aromatic rings. The maximum absolute atomic E-state index is 12.4. The summed E-state index contributed by atoms with van der Waals surface area (Å²) in [5, 5.41) is 0.994. The lowest BCUT2D eigenvalue weighted by atomic mass is 10.1. The van der Waals surface area contributed by atoms with Crippen molar-refractivity contribution < 1.29 is 9.15 Å². The fourth-order valence-electron chi connectivity index (χ4n) is 3.16. The minimum Gasteiger partial charge on any atom is -0.489 e. The van der Waals surface area contributed by atoms with Crippen molar-refractivity contribution in [3.05, 3.63) is 93.9 Å². The standard InChI is InChI=1S/C23H20O3S/c1-15-7-3-5-9-20(15)25-13-16(2)17-11-12-19-22(27-14-17)18-8-4-6-10-21(18)26-23(19)24/h3-11H,2,12-14H2,1H3. The largest absolute Gasteiger partial charge is 0.489 e. The van der Waals surface area contributed by atoms with E-state index in [-0.39, 0.29) is 5.63 Å². The van der Waals surface area contributed by atoms with Gasteiger partial charge < -0.3 is 9.15 Å². The Balaban J connectivity index is 1.54. The molecule has 0 saturated carbocycles. The van der Waals surface area contributed by atoms with Crippen LogP contribution < -0.4 is 10.4 Å². The van der Waals surface area contributed by atoms with Gasteiger partial charge in [-0.05, 0) is 42.2 Å². The van der Waals surface area contributed by atoms with E-state index in [2.05, 4.69) is 12.7 Å². The van der Waals surface area contributed by atoms with E-state index in [1.54, 1.807) is 11.8 Å². The van der Waals surface area contributed by atoms with Crippen molar-refractivity contribution in [3.63, 3.8) is 0 Å². The lowest BCUT2D eigenvalue weighted by Crippen LogP contribution is -2.08. The van der Waals surface area contributed by atoms with Gasteiger partial charge in [-0.1, -0.05) is 49.1 Å². The second kappa shape index (κ2) is 7.49. The van der Waals surface area contributed by atoms with Gasteiger partial charge in [0, 0.05) is 16.0 Å². The molecule has 0 N–H and O–H groups in total. The summed E-state index contributed by atoms with van der Waals surface area (Å²) in [5.74, 6) is 1.63. The van der Waals surface area contributed by atoms with Gasteiger partial charge in [-0.2, -0.15) is 0 Å². The molecule has 1 aromatic heterocycles. The van der Waals surface area contributed by atoms with Crippen LogP contribution in [0.25, 0.3) is 11.0 Å². The second-order valence-electron chi connectivity index (χ2n) is 6.57. The quantitative estimate of drug-likeness (QED) is 0.579. The predicted molar refractivity (Wildman–Crippen MR) is 111 cm³/mol. The Labute approximate surface area is 162 Å². The van der Waals surface area contributed by atoms with Gasteiger partial charge in [0.15, 0.2) is 0 Å². The maximum Gasteiger partial charge on any atom is 0.340 e. The molecule has 0 aliphatic carbocycles. The van der Waals surface area contributed by atoms with Crippen molar-refractivity contribution in [2.75, 3.05) is 12.4 Å². The molecule has 27 heavy (non-hydrogen) atoms. The summed E-state index contributed by atoms with van der Waals surface area (Å²) in [6.45, 7) is 6.67. The fraction of sp³-hybridized carbons (Fsp3) is 0.174. The van der Waals surface area contributed by atoms with Crippen molar-refractivity contribution in [1.82, 2.24) is 0 Å². The smallest absolute Gasteiger partial charge is 0.340 e. The highest BCUT2D eigenvalue weighted by Crippen LogP contribution is 2.35. The highest BCUT2D eigenvalue weighted by molar-refractivity contribution is 7.99. The van der Waals surface area contributed by atoms with E-state index in [1.807, 2.05) is 55.5 Å². The molecule has 0 atom stereocenters. The summed E-state index contributed by atoms with van der Waals surface area (Å²) in [6, 6.07) is 15.6. The number of rotatable bonds is 4. The topological polar surface area (TPSA) is 39.4 Å². The van der Waals surface area contributed by atoms with Crippen LogP contribution in [0.4, 0.5) is 0 Å². The van der Waals surface area contributed by atoms with Crippen LogP contribution in [0.1, 0.15) is 11.1 Å². The zero-order chi connectivity index (χ0) is 18.8. The Morgan fingerprint density at radius 1 is 1.19 bits per heavy atom. The van der Waals surface area contributed by atoms with Gasteiger partial charge >= 0.3 is 5.63 Å². The highest BCUT2D eigenvalue weighted by atomic mass is 32.2. The molecule has 2 heterocycles. The molecule has 1 aliphatic heterocycles. The van der Waals surface area contributed by atoms with E-state index in [0.29, 0.717) is 18.6 Å². The Morgan fingerprint density at radius 3 is 2.81 bits per heavy atom. The third kappa shape index (κ3) is 3.58. The number of para-hydroxylation sites is 2. The van der Waals surface area contributed by atoms with Crippen LogP contribution in [0.3, 0.4) is 0 Å². The SMILES string of the molecule is C=C(COc1ccccc1C)C1=CCc2c(c3ccccc3oc2=O)SC1. The van der Waals surface area contributed by atoms with E-state index in [4.69, 9.17) is 9.15 Å². The molecule has 4 rings (SSSR count). The molecule has 1 aliphatic rings. The molecular weight excluding hydrogens is 356 g/mol. The minimum absolute atomic E-state index is 0.254. The normalized spacial score (nSPS) is 13.6. The van der Waals surface area contributed by atoms with E-state index in [9.17, 15) is 4.79 Å². The van der Waals surface area contributed by atoms with E-state index < -0.39 is 0 Å². The molecular formula is C23H20O3S. The Morgan fingerprint density at radius 2 is 1.96 bits per heavy atom. The molecule has 0 radical (unpaired) electrons. The van der Waals surface area contributed by atoms with E-state index >= 15 is 0 Å². The molecule has 0 bridgehead atoms. The number of aryl methyl sites for hydroxylation is 1. The van der Waals surface area contributed by atoms with Gasteiger partial charge in [-0.3, -0.25) is 0 Å². The van der Waals surface area contributed by atoms with Gasteiger partial charge in [0.1, 0.15) is 17.9 Å². The predicted octanol–water partition coefficient (Wildman–Crippen LogP) is 5.31. The lowest BCUT2D eigenvalue weighted by molar-refractivity contribution is 0.352. The van der Waals surface area contributed by atoms with Crippen molar-refractivity contribution in [3.8, 4) is 5.75 Å². The van der Waals surface area contributed by atoms with Crippen LogP contribution in [0.15, 0.2) is 86.4 Å². The van der Waals surface area contributed by atoms with Gasteiger partial charge in [0.2, 0.25) is 0 Å². The first-order valence-corrected chi connectivity index (χ1v) is 9.85. The van der Waals surface area contributed by atoms with Crippen LogP contribution in [0.2, 0.25) is 0 Å². The zero-order valence-corrected chi connectivity index (χ0v) is 16.0. The molecule has 3 nitrogen and oxygen atoms in total. The summed E-state index contributed by atoms with van der Waals surface area (Å²) < 4.78 is 11.4. The molecule has 0 spiro atoms. The first-order chi connectivity index (χ1) is 13.1. The van der Waals surface area contributed by atoms with Crippen LogP contribution in [0.5, 0.6) is 5.75 Å². The van der Waals surface area contributed by atoms with Crippen LogP contribution in [-0.2, 0) is 6.42 Å². The minimum atomic E-state index is -0.254. The van der Waals surface area contributed by atoms with Crippen molar-refractivity contribution >= 4 is 22.7 Å². The molecule has 0 amide bonds. The van der Waals surface area contributed by atoms with E-state index in [1.165, 1.54) is 0 Å². The maximum atomic E-state index is 12.4. The average molecular weight is 376 g/mol. The van der Waals surface area contributed by atoms with Crippen LogP contribution in [-0.4, -0.2) is 12.4 Å². The average Bonchev–Trinajstić information content (AvgIpc) is 2.91. The number of benzene rings is 2. The van der Waals surface area contributed by atoms with Crippen LogP contribution in [0, 0.1) is 6.92 Å². The first-order valence-electron chi connectivity index (χ1n) is 8.86. The summed E-state index contributed by atoms with van der Waals surface area (Å²) in [4.78, 5) is 13.4.